The smallest absolute Gasteiger partial charge is 0.321 e. The lowest BCUT2D eigenvalue weighted by Gasteiger charge is -2.37. The van der Waals surface area contributed by atoms with Crippen LogP contribution >= 0.6 is 0 Å². The molecule has 0 radical (unpaired) electrons. The first-order chi connectivity index (χ1) is 11.8. The summed E-state index contributed by atoms with van der Waals surface area (Å²) in [5.41, 5.74) is 1.24. The summed E-state index contributed by atoms with van der Waals surface area (Å²) in [5, 5.41) is 3.02. The van der Waals surface area contributed by atoms with E-state index in [-0.39, 0.29) is 11.9 Å². The zero-order valence-corrected chi connectivity index (χ0v) is 14.8. The van der Waals surface area contributed by atoms with Crippen molar-refractivity contribution in [2.24, 2.45) is 5.92 Å². The minimum absolute atomic E-state index is 0.0262. The molecule has 1 unspecified atom stereocenters. The van der Waals surface area contributed by atoms with E-state index in [1.165, 1.54) is 31.4 Å². The van der Waals surface area contributed by atoms with Crippen LogP contribution < -0.4 is 5.32 Å². The number of piperidine rings is 2. The van der Waals surface area contributed by atoms with E-state index >= 15 is 0 Å². The summed E-state index contributed by atoms with van der Waals surface area (Å²) >= 11 is 0. The highest BCUT2D eigenvalue weighted by Crippen LogP contribution is 2.34. The molecule has 2 aliphatic heterocycles. The predicted molar refractivity (Wildman–Crippen MR) is 94.4 cm³/mol. The van der Waals surface area contributed by atoms with Gasteiger partial charge in [0.2, 0.25) is 5.91 Å². The van der Waals surface area contributed by atoms with Gasteiger partial charge in [0.15, 0.2) is 0 Å². The molecule has 0 aromatic rings. The maximum Gasteiger partial charge on any atom is 0.321 e. The van der Waals surface area contributed by atoms with Crippen LogP contribution in [0, 0.1) is 5.92 Å². The molecule has 1 N–H and O–H groups in total. The second-order valence-electron chi connectivity index (χ2n) is 7.33. The first-order valence-corrected chi connectivity index (χ1v) is 9.79. The number of hydrogen-bond donors (Lipinski definition) is 1. The van der Waals surface area contributed by atoms with Gasteiger partial charge >= 0.3 is 6.03 Å². The van der Waals surface area contributed by atoms with Gasteiger partial charge in [-0.25, -0.2) is 4.79 Å². The lowest BCUT2D eigenvalue weighted by molar-refractivity contribution is -0.132. The maximum atomic E-state index is 12.5. The van der Waals surface area contributed by atoms with Gasteiger partial charge in [0, 0.05) is 38.3 Å². The summed E-state index contributed by atoms with van der Waals surface area (Å²) in [6.45, 7) is 3.25. The lowest BCUT2D eigenvalue weighted by Crippen LogP contribution is -2.45. The first kappa shape index (κ1) is 17.3. The van der Waals surface area contributed by atoms with Gasteiger partial charge in [0.1, 0.15) is 0 Å². The van der Waals surface area contributed by atoms with Crippen molar-refractivity contribution in [2.45, 2.75) is 64.2 Å². The molecular formula is C19H31N3O2. The number of nitrogens with zero attached hydrogens (tertiary/aromatic N) is 2. The topological polar surface area (TPSA) is 52.7 Å². The molecular weight excluding hydrogens is 302 g/mol. The number of fused-ring (bicyclic) bond motifs is 1. The second-order valence-corrected chi connectivity index (χ2v) is 7.33. The number of amides is 3. The molecule has 2 fully saturated rings. The number of allylic oxidation sites excluding steroid dienone is 2. The Balaban J connectivity index is 1.39. The van der Waals surface area contributed by atoms with Crippen molar-refractivity contribution >= 4 is 11.9 Å². The Labute approximate surface area is 145 Å². The standard InChI is InChI=1S/C19H31N3O2/c23-18(21-13-4-1-5-14-21)11-6-12-20-19(24)22-15-7-9-16-8-2-3-10-17(16)22/h10,16H,1-9,11-15H2,(H,20,24). The van der Waals surface area contributed by atoms with Crippen molar-refractivity contribution in [1.29, 1.82) is 0 Å². The van der Waals surface area contributed by atoms with Crippen molar-refractivity contribution in [3.8, 4) is 0 Å². The fourth-order valence-corrected chi connectivity index (χ4v) is 4.23. The van der Waals surface area contributed by atoms with E-state index in [4.69, 9.17) is 0 Å². The second kappa shape index (κ2) is 8.54. The van der Waals surface area contributed by atoms with Gasteiger partial charge in [-0.05, 0) is 63.7 Å². The summed E-state index contributed by atoms with van der Waals surface area (Å²) < 4.78 is 0. The quantitative estimate of drug-likeness (QED) is 0.803. The number of hydrogen-bond acceptors (Lipinski definition) is 2. The summed E-state index contributed by atoms with van der Waals surface area (Å²) in [5.74, 6) is 0.830. The van der Waals surface area contributed by atoms with Gasteiger partial charge in [-0.3, -0.25) is 9.69 Å². The van der Waals surface area contributed by atoms with E-state index in [9.17, 15) is 9.59 Å². The predicted octanol–water partition coefficient (Wildman–Crippen LogP) is 3.27. The Kier molecular flexibility index (Phi) is 6.16. The summed E-state index contributed by atoms with van der Waals surface area (Å²) in [6.07, 6.45) is 12.9. The zero-order chi connectivity index (χ0) is 16.8. The van der Waals surface area contributed by atoms with E-state index in [1.807, 2.05) is 9.80 Å². The first-order valence-electron chi connectivity index (χ1n) is 9.79. The molecule has 5 heteroatoms. The largest absolute Gasteiger partial charge is 0.343 e. The SMILES string of the molecule is O=C(CCCNC(=O)N1CCCC2CCCC=C21)N1CCCCC1. The molecule has 3 amide bonds. The van der Waals surface area contributed by atoms with Crippen LogP contribution in [0.2, 0.25) is 0 Å². The number of carbonyl (C=O) groups excluding carboxylic acids is 2. The molecule has 3 rings (SSSR count). The van der Waals surface area contributed by atoms with Gasteiger partial charge in [0.25, 0.3) is 0 Å². The van der Waals surface area contributed by atoms with Crippen LogP contribution in [0.4, 0.5) is 4.79 Å². The molecule has 0 bridgehead atoms. The summed E-state index contributed by atoms with van der Waals surface area (Å²) in [7, 11) is 0. The van der Waals surface area contributed by atoms with Crippen LogP contribution in [0.15, 0.2) is 11.8 Å². The Morgan fingerprint density at radius 1 is 1.04 bits per heavy atom. The number of likely N-dealkylation sites (tertiary alicyclic amines) is 2. The number of nitrogens with one attached hydrogen (secondary N) is 1. The third kappa shape index (κ3) is 4.31. The minimum Gasteiger partial charge on any atom is -0.343 e. The maximum absolute atomic E-state index is 12.5. The fourth-order valence-electron chi connectivity index (χ4n) is 4.23. The van der Waals surface area contributed by atoms with Crippen LogP contribution in [0.3, 0.4) is 0 Å². The summed E-state index contributed by atoms with van der Waals surface area (Å²) in [6, 6.07) is 0.0262. The minimum atomic E-state index is 0.0262. The Hall–Kier alpha value is -1.52. The van der Waals surface area contributed by atoms with Crippen LogP contribution in [0.1, 0.15) is 64.2 Å². The van der Waals surface area contributed by atoms with E-state index < -0.39 is 0 Å². The van der Waals surface area contributed by atoms with E-state index in [2.05, 4.69) is 11.4 Å². The lowest BCUT2D eigenvalue weighted by atomic mass is 9.85. The average Bonchev–Trinajstić information content (AvgIpc) is 2.65. The van der Waals surface area contributed by atoms with Gasteiger partial charge in [-0.2, -0.15) is 0 Å². The van der Waals surface area contributed by atoms with Crippen LogP contribution in [0.5, 0.6) is 0 Å². The third-order valence-corrected chi connectivity index (χ3v) is 5.57. The summed E-state index contributed by atoms with van der Waals surface area (Å²) in [4.78, 5) is 28.5. The van der Waals surface area contributed by atoms with Crippen molar-refractivity contribution < 1.29 is 9.59 Å². The van der Waals surface area contributed by atoms with Gasteiger partial charge in [0.05, 0.1) is 0 Å². The van der Waals surface area contributed by atoms with Gasteiger partial charge < -0.3 is 10.2 Å². The molecule has 0 aromatic carbocycles. The average molecular weight is 333 g/mol. The monoisotopic (exact) mass is 333 g/mol. The number of urea groups is 1. The molecule has 2 saturated heterocycles. The normalized spacial score (nSPS) is 24.2. The van der Waals surface area contributed by atoms with Crippen molar-refractivity contribution in [3.05, 3.63) is 11.8 Å². The molecule has 1 atom stereocenters. The highest BCUT2D eigenvalue weighted by molar-refractivity contribution is 5.77. The van der Waals surface area contributed by atoms with Gasteiger partial charge in [-0.15, -0.1) is 0 Å². The third-order valence-electron chi connectivity index (χ3n) is 5.57. The molecule has 2 heterocycles. The molecule has 0 spiro atoms. The molecule has 24 heavy (non-hydrogen) atoms. The van der Waals surface area contributed by atoms with Crippen molar-refractivity contribution in [2.75, 3.05) is 26.2 Å². The number of rotatable bonds is 4. The fraction of sp³-hybridized carbons (Fsp3) is 0.789. The van der Waals surface area contributed by atoms with Gasteiger partial charge in [-0.1, -0.05) is 6.08 Å². The molecule has 1 aliphatic carbocycles. The molecule has 0 saturated carbocycles. The van der Waals surface area contributed by atoms with Crippen LogP contribution in [-0.2, 0) is 4.79 Å². The molecule has 134 valence electrons. The van der Waals surface area contributed by atoms with Crippen LogP contribution in [-0.4, -0.2) is 47.9 Å². The Bertz CT molecular complexity index is 483. The molecule has 5 nitrogen and oxygen atoms in total. The highest BCUT2D eigenvalue weighted by Gasteiger charge is 2.30. The Morgan fingerprint density at radius 3 is 2.67 bits per heavy atom. The van der Waals surface area contributed by atoms with E-state index in [0.29, 0.717) is 18.9 Å². The van der Waals surface area contributed by atoms with Crippen LogP contribution in [0.25, 0.3) is 0 Å². The molecule has 0 aromatic heterocycles. The zero-order valence-electron chi connectivity index (χ0n) is 14.8. The Morgan fingerprint density at radius 2 is 1.83 bits per heavy atom. The van der Waals surface area contributed by atoms with Crippen molar-refractivity contribution in [1.82, 2.24) is 15.1 Å². The van der Waals surface area contributed by atoms with E-state index in [0.717, 1.165) is 51.7 Å². The number of carbonyl (C=O) groups is 2. The highest BCUT2D eigenvalue weighted by atomic mass is 16.2. The van der Waals surface area contributed by atoms with Crippen molar-refractivity contribution in [3.63, 3.8) is 0 Å². The molecule has 3 aliphatic rings. The van der Waals surface area contributed by atoms with E-state index in [1.54, 1.807) is 0 Å².